The zero-order valence-corrected chi connectivity index (χ0v) is 18.3. The van der Waals surface area contributed by atoms with Crippen LogP contribution >= 0.6 is 0 Å². The van der Waals surface area contributed by atoms with Gasteiger partial charge in [0, 0.05) is 11.9 Å². The van der Waals surface area contributed by atoms with Gasteiger partial charge in [0.15, 0.2) is 5.52 Å². The number of nitrogens with zero attached hydrogens (tertiary/aromatic N) is 2. The van der Waals surface area contributed by atoms with Gasteiger partial charge in [-0.1, -0.05) is 13.3 Å². The second kappa shape index (κ2) is 8.83. The fourth-order valence-corrected chi connectivity index (χ4v) is 3.72. The van der Waals surface area contributed by atoms with Gasteiger partial charge < -0.3 is 9.72 Å². The molecular weight excluding hydrogens is 404 g/mol. The number of pyridine rings is 1. The summed E-state index contributed by atoms with van der Waals surface area (Å²) in [4.78, 5) is 24.3. The standard InChI is InChI=1S/C21H26N4O4S/c1-5-7-14-10-11-22-19-18(14)23-20(24-21(19)26)16-12-15(8-9-17(16)29-6-2)25-30(27,28)13(3)4/h8-13,25H,5-7H2,1-4H3,(H,23,24,26). The number of aromatic amines is 1. The number of nitrogens with one attached hydrogen (secondary N) is 2. The number of benzene rings is 1. The van der Waals surface area contributed by atoms with E-state index in [-0.39, 0.29) is 11.1 Å². The lowest BCUT2D eigenvalue weighted by atomic mass is 10.1. The maximum Gasteiger partial charge on any atom is 0.277 e. The van der Waals surface area contributed by atoms with Gasteiger partial charge in [0.25, 0.3) is 5.56 Å². The van der Waals surface area contributed by atoms with Crippen LogP contribution in [0.4, 0.5) is 5.69 Å². The first-order valence-electron chi connectivity index (χ1n) is 9.93. The summed E-state index contributed by atoms with van der Waals surface area (Å²) in [6, 6.07) is 6.76. The van der Waals surface area contributed by atoms with Crippen molar-refractivity contribution >= 4 is 26.7 Å². The fraction of sp³-hybridized carbons (Fsp3) is 0.381. The summed E-state index contributed by atoms with van der Waals surface area (Å²) in [6.45, 7) is 7.51. The van der Waals surface area contributed by atoms with Crippen LogP contribution in [0.25, 0.3) is 22.4 Å². The first kappa shape index (κ1) is 21.8. The Bertz CT molecular complexity index is 1220. The Balaban J connectivity index is 2.20. The van der Waals surface area contributed by atoms with E-state index in [0.29, 0.717) is 34.9 Å². The van der Waals surface area contributed by atoms with E-state index in [1.165, 1.54) is 0 Å². The zero-order valence-electron chi connectivity index (χ0n) is 17.5. The zero-order chi connectivity index (χ0) is 21.9. The molecular formula is C21H26N4O4S. The molecule has 0 radical (unpaired) electrons. The van der Waals surface area contributed by atoms with Crippen molar-refractivity contribution in [2.24, 2.45) is 0 Å². The molecule has 0 spiro atoms. The third-order valence-electron chi connectivity index (χ3n) is 4.61. The number of ether oxygens (including phenoxy) is 1. The molecule has 1 aromatic carbocycles. The molecule has 160 valence electrons. The summed E-state index contributed by atoms with van der Waals surface area (Å²) in [7, 11) is -3.53. The number of rotatable bonds is 8. The number of aromatic nitrogens is 3. The highest BCUT2D eigenvalue weighted by atomic mass is 32.2. The van der Waals surface area contributed by atoms with Gasteiger partial charge in [-0.15, -0.1) is 0 Å². The van der Waals surface area contributed by atoms with E-state index < -0.39 is 15.3 Å². The smallest absolute Gasteiger partial charge is 0.277 e. The van der Waals surface area contributed by atoms with Gasteiger partial charge in [-0.2, -0.15) is 0 Å². The van der Waals surface area contributed by atoms with Crippen molar-refractivity contribution in [3.8, 4) is 17.1 Å². The minimum Gasteiger partial charge on any atom is -0.493 e. The highest BCUT2D eigenvalue weighted by Gasteiger charge is 2.19. The third-order valence-corrected chi connectivity index (χ3v) is 6.37. The van der Waals surface area contributed by atoms with E-state index >= 15 is 0 Å². The highest BCUT2D eigenvalue weighted by Crippen LogP contribution is 2.32. The molecule has 3 rings (SSSR count). The molecule has 0 fully saturated rings. The Labute approximate surface area is 175 Å². The number of hydrogen-bond donors (Lipinski definition) is 2. The maximum absolute atomic E-state index is 12.7. The molecule has 0 saturated carbocycles. The normalized spacial score (nSPS) is 11.8. The lowest BCUT2D eigenvalue weighted by molar-refractivity contribution is 0.341. The molecule has 0 aliphatic heterocycles. The number of fused-ring (bicyclic) bond motifs is 1. The van der Waals surface area contributed by atoms with Crippen LogP contribution in [-0.4, -0.2) is 35.2 Å². The Morgan fingerprint density at radius 1 is 1.17 bits per heavy atom. The van der Waals surface area contributed by atoms with Crippen molar-refractivity contribution < 1.29 is 13.2 Å². The summed E-state index contributed by atoms with van der Waals surface area (Å²) in [5.41, 5.74) is 2.25. The molecule has 2 N–H and O–H groups in total. The first-order valence-corrected chi connectivity index (χ1v) is 11.5. The summed E-state index contributed by atoms with van der Waals surface area (Å²) >= 11 is 0. The van der Waals surface area contributed by atoms with Crippen LogP contribution in [0.2, 0.25) is 0 Å². The van der Waals surface area contributed by atoms with Crippen LogP contribution in [0.15, 0.2) is 35.3 Å². The molecule has 0 saturated heterocycles. The van der Waals surface area contributed by atoms with Gasteiger partial charge in [0.1, 0.15) is 17.1 Å². The predicted molar refractivity (Wildman–Crippen MR) is 118 cm³/mol. The number of H-pyrrole nitrogens is 1. The van der Waals surface area contributed by atoms with E-state index in [1.807, 2.05) is 13.0 Å². The van der Waals surface area contributed by atoms with Crippen LogP contribution in [0.1, 0.15) is 39.7 Å². The van der Waals surface area contributed by atoms with E-state index in [2.05, 4.69) is 26.6 Å². The lowest BCUT2D eigenvalue weighted by Crippen LogP contribution is -2.22. The topological polar surface area (TPSA) is 114 Å². The average molecular weight is 431 g/mol. The summed E-state index contributed by atoms with van der Waals surface area (Å²) in [5.74, 6) is 0.792. The predicted octanol–water partition coefficient (Wildman–Crippen LogP) is 3.49. The molecule has 2 aromatic heterocycles. The molecule has 2 heterocycles. The number of sulfonamides is 1. The average Bonchev–Trinajstić information content (AvgIpc) is 2.69. The number of aryl methyl sites for hydroxylation is 1. The van der Waals surface area contributed by atoms with Crippen LogP contribution in [0.5, 0.6) is 5.75 Å². The van der Waals surface area contributed by atoms with Gasteiger partial charge in [-0.25, -0.2) is 18.4 Å². The van der Waals surface area contributed by atoms with E-state index in [1.54, 1.807) is 38.2 Å². The van der Waals surface area contributed by atoms with Gasteiger partial charge in [0.2, 0.25) is 10.0 Å². The Hall–Kier alpha value is -2.94. The van der Waals surface area contributed by atoms with Crippen molar-refractivity contribution in [2.45, 2.75) is 45.8 Å². The Morgan fingerprint density at radius 3 is 2.60 bits per heavy atom. The molecule has 0 aliphatic carbocycles. The SMILES string of the molecule is CCCc1ccnc2c(=O)[nH]c(-c3cc(NS(=O)(=O)C(C)C)ccc3OCC)nc12. The van der Waals surface area contributed by atoms with Crippen molar-refractivity contribution in [3.63, 3.8) is 0 Å². The molecule has 0 atom stereocenters. The molecule has 3 aromatic rings. The van der Waals surface area contributed by atoms with Gasteiger partial charge >= 0.3 is 0 Å². The molecule has 0 bridgehead atoms. The monoisotopic (exact) mass is 430 g/mol. The van der Waals surface area contributed by atoms with Crippen molar-refractivity contribution in [1.29, 1.82) is 0 Å². The molecule has 0 aliphatic rings. The number of anilines is 1. The molecule has 0 amide bonds. The highest BCUT2D eigenvalue weighted by molar-refractivity contribution is 7.93. The second-order valence-corrected chi connectivity index (χ2v) is 9.41. The van der Waals surface area contributed by atoms with Gasteiger partial charge in [-0.3, -0.25) is 9.52 Å². The maximum atomic E-state index is 12.7. The van der Waals surface area contributed by atoms with Crippen LogP contribution < -0.4 is 15.0 Å². The van der Waals surface area contributed by atoms with Gasteiger partial charge in [-0.05, 0) is 57.0 Å². The minimum absolute atomic E-state index is 0.277. The molecule has 30 heavy (non-hydrogen) atoms. The third kappa shape index (κ3) is 4.46. The Kier molecular flexibility index (Phi) is 6.40. The lowest BCUT2D eigenvalue weighted by Gasteiger charge is -2.15. The minimum atomic E-state index is -3.53. The second-order valence-electron chi connectivity index (χ2n) is 7.17. The largest absolute Gasteiger partial charge is 0.493 e. The quantitative estimate of drug-likeness (QED) is 0.565. The number of hydrogen-bond acceptors (Lipinski definition) is 6. The van der Waals surface area contributed by atoms with E-state index in [9.17, 15) is 13.2 Å². The van der Waals surface area contributed by atoms with Crippen molar-refractivity contribution in [3.05, 3.63) is 46.4 Å². The molecule has 9 heteroatoms. The van der Waals surface area contributed by atoms with Crippen molar-refractivity contribution in [1.82, 2.24) is 15.0 Å². The van der Waals surface area contributed by atoms with Crippen LogP contribution in [0, 0.1) is 0 Å². The summed E-state index contributed by atoms with van der Waals surface area (Å²) in [5, 5.41) is -0.589. The molecule has 0 unspecified atom stereocenters. The molecule has 8 nitrogen and oxygen atoms in total. The van der Waals surface area contributed by atoms with E-state index in [0.717, 1.165) is 18.4 Å². The van der Waals surface area contributed by atoms with Crippen LogP contribution in [0.3, 0.4) is 0 Å². The van der Waals surface area contributed by atoms with E-state index in [4.69, 9.17) is 4.74 Å². The first-order chi connectivity index (χ1) is 14.3. The fourth-order valence-electron chi connectivity index (χ4n) is 3.03. The summed E-state index contributed by atoms with van der Waals surface area (Å²) < 4.78 is 32.8. The Morgan fingerprint density at radius 2 is 1.93 bits per heavy atom. The van der Waals surface area contributed by atoms with Gasteiger partial charge in [0.05, 0.1) is 17.4 Å². The summed E-state index contributed by atoms with van der Waals surface area (Å²) in [6.07, 6.45) is 3.28. The van der Waals surface area contributed by atoms with Crippen LogP contribution in [-0.2, 0) is 16.4 Å². The van der Waals surface area contributed by atoms with Crippen molar-refractivity contribution in [2.75, 3.05) is 11.3 Å².